The molecular formula is C55H106O6. The number of unbranched alkanes of at least 4 members (excludes halogenated alkanes) is 36. The largest absolute Gasteiger partial charge is 0.462 e. The molecule has 0 rings (SSSR count). The van der Waals surface area contributed by atoms with Gasteiger partial charge < -0.3 is 14.2 Å². The summed E-state index contributed by atoms with van der Waals surface area (Å²) in [6.07, 6.45) is 52.3. The van der Waals surface area contributed by atoms with Gasteiger partial charge in [0.25, 0.3) is 0 Å². The van der Waals surface area contributed by atoms with Crippen LogP contribution in [0.1, 0.15) is 310 Å². The molecule has 2 atom stereocenters. The highest BCUT2D eigenvalue weighted by Crippen LogP contribution is 2.18. The minimum atomic E-state index is -0.760. The fourth-order valence-electron chi connectivity index (χ4n) is 8.36. The van der Waals surface area contributed by atoms with Crippen molar-refractivity contribution in [3.05, 3.63) is 0 Å². The van der Waals surface area contributed by atoms with Crippen LogP contribution in [-0.2, 0) is 28.6 Å². The lowest BCUT2D eigenvalue weighted by atomic mass is 9.99. The molecule has 6 nitrogen and oxygen atoms in total. The van der Waals surface area contributed by atoms with Crippen molar-refractivity contribution >= 4 is 17.9 Å². The Kier molecular flexibility index (Phi) is 48.1. The summed E-state index contributed by atoms with van der Waals surface area (Å²) in [6.45, 7) is 9.07. The Morgan fingerprint density at radius 2 is 0.574 bits per heavy atom. The molecule has 61 heavy (non-hydrogen) atoms. The van der Waals surface area contributed by atoms with Crippen molar-refractivity contribution in [1.82, 2.24) is 0 Å². The van der Waals surface area contributed by atoms with E-state index in [0.29, 0.717) is 19.3 Å². The Labute approximate surface area is 380 Å². The van der Waals surface area contributed by atoms with Crippen molar-refractivity contribution in [3.63, 3.8) is 0 Å². The van der Waals surface area contributed by atoms with Crippen LogP contribution in [0.2, 0.25) is 0 Å². The molecule has 0 N–H and O–H groups in total. The summed E-state index contributed by atoms with van der Waals surface area (Å²) in [5.74, 6) is 0.0519. The van der Waals surface area contributed by atoms with Gasteiger partial charge in [0.15, 0.2) is 6.10 Å². The third kappa shape index (κ3) is 47.7. The number of ether oxygens (including phenoxy) is 3. The van der Waals surface area contributed by atoms with Gasteiger partial charge in [-0.25, -0.2) is 0 Å². The van der Waals surface area contributed by atoms with Gasteiger partial charge >= 0.3 is 17.9 Å². The quantitative estimate of drug-likeness (QED) is 0.0344. The van der Waals surface area contributed by atoms with Crippen LogP contribution in [0.25, 0.3) is 0 Å². The first-order chi connectivity index (χ1) is 29.9. The van der Waals surface area contributed by atoms with Gasteiger partial charge in [-0.05, 0) is 25.2 Å². The summed E-state index contributed by atoms with van der Waals surface area (Å²) in [5.41, 5.74) is 0. The normalized spacial score (nSPS) is 12.4. The van der Waals surface area contributed by atoms with Crippen molar-refractivity contribution in [1.29, 1.82) is 0 Å². The number of carbonyl (C=O) groups is 3. The summed E-state index contributed by atoms with van der Waals surface area (Å²) in [5, 5.41) is 0. The zero-order valence-corrected chi connectivity index (χ0v) is 41.6. The third-order valence-electron chi connectivity index (χ3n) is 12.9. The van der Waals surface area contributed by atoms with E-state index in [1.165, 1.54) is 205 Å². The molecule has 0 aromatic carbocycles. The van der Waals surface area contributed by atoms with Gasteiger partial charge in [0.1, 0.15) is 13.2 Å². The average molecular weight is 863 g/mol. The molecule has 362 valence electrons. The first kappa shape index (κ1) is 59.4. The van der Waals surface area contributed by atoms with Gasteiger partial charge in [0.2, 0.25) is 0 Å². The van der Waals surface area contributed by atoms with E-state index in [1.54, 1.807) is 0 Å². The Morgan fingerprint density at radius 1 is 0.328 bits per heavy atom. The monoisotopic (exact) mass is 863 g/mol. The van der Waals surface area contributed by atoms with Gasteiger partial charge in [-0.1, -0.05) is 272 Å². The maximum Gasteiger partial charge on any atom is 0.306 e. The van der Waals surface area contributed by atoms with Crippen LogP contribution >= 0.6 is 0 Å². The molecule has 0 aromatic heterocycles. The van der Waals surface area contributed by atoms with Crippen molar-refractivity contribution in [2.24, 2.45) is 5.92 Å². The van der Waals surface area contributed by atoms with Crippen LogP contribution in [-0.4, -0.2) is 37.2 Å². The molecular weight excluding hydrogens is 757 g/mol. The molecule has 0 aliphatic carbocycles. The molecule has 0 aliphatic rings. The molecule has 0 saturated carbocycles. The number of hydrogen-bond acceptors (Lipinski definition) is 6. The fraction of sp³-hybridized carbons (Fsp3) is 0.945. The topological polar surface area (TPSA) is 78.9 Å². The molecule has 0 fully saturated rings. The summed E-state index contributed by atoms with van der Waals surface area (Å²) in [4.78, 5) is 37.9. The minimum absolute atomic E-state index is 0.0624. The average Bonchev–Trinajstić information content (AvgIpc) is 3.26. The molecule has 1 unspecified atom stereocenters. The third-order valence-corrected chi connectivity index (χ3v) is 12.9. The predicted molar refractivity (Wildman–Crippen MR) is 261 cm³/mol. The highest BCUT2D eigenvalue weighted by molar-refractivity contribution is 5.71. The van der Waals surface area contributed by atoms with Crippen molar-refractivity contribution in [2.75, 3.05) is 13.2 Å². The van der Waals surface area contributed by atoms with Gasteiger partial charge in [0.05, 0.1) is 0 Å². The number of carbonyl (C=O) groups excluding carboxylic acids is 3. The second-order valence-corrected chi connectivity index (χ2v) is 19.1. The maximum atomic E-state index is 12.8. The lowest BCUT2D eigenvalue weighted by Crippen LogP contribution is -2.30. The van der Waals surface area contributed by atoms with Crippen LogP contribution < -0.4 is 0 Å². The maximum absolute atomic E-state index is 12.8. The van der Waals surface area contributed by atoms with Gasteiger partial charge in [-0.3, -0.25) is 14.4 Å². The van der Waals surface area contributed by atoms with E-state index in [4.69, 9.17) is 14.2 Å². The van der Waals surface area contributed by atoms with E-state index in [-0.39, 0.29) is 31.1 Å². The van der Waals surface area contributed by atoms with Crippen molar-refractivity contribution < 1.29 is 28.6 Å². The van der Waals surface area contributed by atoms with Gasteiger partial charge in [0, 0.05) is 19.3 Å². The number of hydrogen-bond donors (Lipinski definition) is 0. The molecule has 0 aromatic rings. The Balaban J connectivity index is 4.24. The predicted octanol–water partition coefficient (Wildman–Crippen LogP) is 17.8. The van der Waals surface area contributed by atoms with Gasteiger partial charge in [-0.15, -0.1) is 0 Å². The zero-order valence-electron chi connectivity index (χ0n) is 41.6. The number of esters is 3. The lowest BCUT2D eigenvalue weighted by Gasteiger charge is -2.18. The fourth-order valence-corrected chi connectivity index (χ4v) is 8.36. The second-order valence-electron chi connectivity index (χ2n) is 19.1. The Bertz CT molecular complexity index is 920. The summed E-state index contributed by atoms with van der Waals surface area (Å²) in [7, 11) is 0. The molecule has 0 bridgehead atoms. The second kappa shape index (κ2) is 49.4. The van der Waals surface area contributed by atoms with Crippen LogP contribution in [0.15, 0.2) is 0 Å². The van der Waals surface area contributed by atoms with Crippen LogP contribution in [0, 0.1) is 5.92 Å². The van der Waals surface area contributed by atoms with Crippen LogP contribution in [0.4, 0.5) is 0 Å². The molecule has 0 amide bonds. The van der Waals surface area contributed by atoms with E-state index in [9.17, 15) is 14.4 Å². The highest BCUT2D eigenvalue weighted by atomic mass is 16.6. The molecule has 6 heteroatoms. The SMILES string of the molecule is CCCCCCCCCCCCCCCCCCC(=O)OC[C@H](COC(=O)CCCCCCCCCCC)OC(=O)CCCCCCCCCCCCCCCCC(C)CC. The van der Waals surface area contributed by atoms with E-state index in [0.717, 1.165) is 63.7 Å². The summed E-state index contributed by atoms with van der Waals surface area (Å²) in [6, 6.07) is 0. The standard InChI is InChI=1S/C55H106O6/c1-5-8-10-12-14-16-17-18-19-20-24-27-31-35-39-43-47-54(57)60-50-52(49-59-53(56)46-42-38-34-29-15-13-11-9-6-2)61-55(58)48-44-40-36-32-28-25-22-21-23-26-30-33-37-41-45-51(4)7-3/h51-52H,5-50H2,1-4H3/t51?,52-/m0/s1. The lowest BCUT2D eigenvalue weighted by molar-refractivity contribution is -0.167. The van der Waals surface area contributed by atoms with Gasteiger partial charge in [-0.2, -0.15) is 0 Å². The Morgan fingerprint density at radius 3 is 0.852 bits per heavy atom. The number of rotatable bonds is 50. The summed E-state index contributed by atoms with van der Waals surface area (Å²) < 4.78 is 16.8. The highest BCUT2D eigenvalue weighted by Gasteiger charge is 2.19. The van der Waals surface area contributed by atoms with Crippen molar-refractivity contribution in [2.45, 2.75) is 316 Å². The zero-order chi connectivity index (χ0) is 44.5. The summed E-state index contributed by atoms with van der Waals surface area (Å²) >= 11 is 0. The van der Waals surface area contributed by atoms with Crippen LogP contribution in [0.5, 0.6) is 0 Å². The van der Waals surface area contributed by atoms with E-state index in [2.05, 4.69) is 27.7 Å². The van der Waals surface area contributed by atoms with E-state index >= 15 is 0 Å². The smallest absolute Gasteiger partial charge is 0.306 e. The van der Waals surface area contributed by atoms with E-state index < -0.39 is 6.10 Å². The minimum Gasteiger partial charge on any atom is -0.462 e. The van der Waals surface area contributed by atoms with Crippen LogP contribution in [0.3, 0.4) is 0 Å². The molecule has 0 saturated heterocycles. The molecule has 0 aliphatic heterocycles. The first-order valence-corrected chi connectivity index (χ1v) is 27.4. The van der Waals surface area contributed by atoms with Crippen molar-refractivity contribution in [3.8, 4) is 0 Å². The van der Waals surface area contributed by atoms with E-state index in [1.807, 2.05) is 0 Å². The molecule has 0 radical (unpaired) electrons. The molecule has 0 spiro atoms. The first-order valence-electron chi connectivity index (χ1n) is 27.4. The Hall–Kier alpha value is -1.59. The molecule has 0 heterocycles.